The molecule has 1 aromatic rings. The Morgan fingerprint density at radius 2 is 2.28 bits per heavy atom. The van der Waals surface area contributed by atoms with Crippen LogP contribution in [0.25, 0.3) is 0 Å². The molecule has 0 bridgehead atoms. The molecule has 0 aliphatic rings. The Balaban J connectivity index is 2.62. The second kappa shape index (κ2) is 7.92. The summed E-state index contributed by atoms with van der Waals surface area (Å²) in [6.45, 7) is 4.87. The van der Waals surface area contributed by atoms with Crippen LogP contribution in [0, 0.1) is 0 Å². The Morgan fingerprint density at radius 3 is 2.94 bits per heavy atom. The number of aromatic nitrogens is 2. The first-order valence-electron chi connectivity index (χ1n) is 6.03. The van der Waals surface area contributed by atoms with Crippen LogP contribution in [0.3, 0.4) is 0 Å². The van der Waals surface area contributed by atoms with Crippen molar-refractivity contribution in [3.63, 3.8) is 0 Å². The molecule has 1 aromatic heterocycles. The van der Waals surface area contributed by atoms with E-state index in [1.54, 1.807) is 18.0 Å². The minimum atomic E-state index is -0.177. The van der Waals surface area contributed by atoms with E-state index in [0.717, 1.165) is 18.7 Å². The minimum absolute atomic E-state index is 0.126. The van der Waals surface area contributed by atoms with Crippen molar-refractivity contribution in [3.8, 4) is 0 Å². The molecule has 6 heteroatoms. The van der Waals surface area contributed by atoms with Crippen LogP contribution in [0.2, 0.25) is 0 Å². The zero-order chi connectivity index (χ0) is 13.4. The van der Waals surface area contributed by atoms with Crippen molar-refractivity contribution in [2.45, 2.75) is 26.3 Å². The topological polar surface area (TPSA) is 66.9 Å². The van der Waals surface area contributed by atoms with Crippen LogP contribution in [0.1, 0.15) is 30.8 Å². The van der Waals surface area contributed by atoms with E-state index >= 15 is 0 Å². The maximum atomic E-state index is 11.9. The number of nitrogens with zero attached hydrogens (tertiary/aromatic N) is 2. The molecular formula is C12H20N4OS. The lowest BCUT2D eigenvalue weighted by atomic mass is 10.3. The van der Waals surface area contributed by atoms with Crippen LogP contribution >= 0.6 is 11.8 Å². The first-order valence-corrected chi connectivity index (χ1v) is 7.42. The molecule has 0 saturated carbocycles. The molecule has 1 heterocycles. The van der Waals surface area contributed by atoms with Gasteiger partial charge in [-0.1, -0.05) is 6.92 Å². The van der Waals surface area contributed by atoms with Gasteiger partial charge in [-0.2, -0.15) is 11.8 Å². The van der Waals surface area contributed by atoms with Gasteiger partial charge in [0.05, 0.1) is 12.4 Å². The normalized spacial score (nSPS) is 11.9. The summed E-state index contributed by atoms with van der Waals surface area (Å²) in [5, 5.41) is 6.00. The highest BCUT2D eigenvalue weighted by Crippen LogP contribution is 2.03. The van der Waals surface area contributed by atoms with E-state index in [2.05, 4.69) is 27.5 Å². The highest BCUT2D eigenvalue weighted by atomic mass is 32.2. The van der Waals surface area contributed by atoms with Gasteiger partial charge in [-0.3, -0.25) is 9.78 Å². The van der Waals surface area contributed by atoms with Gasteiger partial charge < -0.3 is 10.6 Å². The molecule has 0 fully saturated rings. The Bertz CT molecular complexity index is 386. The molecule has 100 valence electrons. The number of rotatable bonds is 7. The van der Waals surface area contributed by atoms with E-state index in [-0.39, 0.29) is 11.9 Å². The van der Waals surface area contributed by atoms with Crippen LogP contribution in [-0.2, 0) is 0 Å². The maximum absolute atomic E-state index is 11.9. The smallest absolute Gasteiger partial charge is 0.271 e. The van der Waals surface area contributed by atoms with E-state index in [4.69, 9.17) is 0 Å². The lowest BCUT2D eigenvalue weighted by molar-refractivity contribution is 0.0938. The van der Waals surface area contributed by atoms with Gasteiger partial charge in [-0.05, 0) is 19.6 Å². The molecule has 0 radical (unpaired) electrons. The number of hydrogen-bond donors (Lipinski definition) is 2. The number of anilines is 1. The van der Waals surface area contributed by atoms with Crippen LogP contribution in [0.5, 0.6) is 0 Å². The van der Waals surface area contributed by atoms with E-state index in [9.17, 15) is 4.79 Å². The summed E-state index contributed by atoms with van der Waals surface area (Å²) in [6, 6.07) is 0.126. The fraction of sp³-hybridized carbons (Fsp3) is 0.583. The number of amides is 1. The number of hydrogen-bond acceptors (Lipinski definition) is 5. The largest absolute Gasteiger partial charge is 0.369 e. The van der Waals surface area contributed by atoms with Crippen LogP contribution < -0.4 is 10.6 Å². The predicted molar refractivity (Wildman–Crippen MR) is 76.1 cm³/mol. The Kier molecular flexibility index (Phi) is 6.49. The Hall–Kier alpha value is -1.30. The van der Waals surface area contributed by atoms with Gasteiger partial charge in [0.15, 0.2) is 0 Å². The van der Waals surface area contributed by atoms with Crippen molar-refractivity contribution in [2.75, 3.05) is 23.9 Å². The summed E-state index contributed by atoms with van der Waals surface area (Å²) in [4.78, 5) is 20.2. The van der Waals surface area contributed by atoms with Gasteiger partial charge in [0.2, 0.25) is 0 Å². The average molecular weight is 268 g/mol. The first kappa shape index (κ1) is 14.8. The van der Waals surface area contributed by atoms with Gasteiger partial charge in [0.1, 0.15) is 11.5 Å². The zero-order valence-electron chi connectivity index (χ0n) is 11.1. The molecular weight excluding hydrogens is 248 g/mol. The van der Waals surface area contributed by atoms with Crippen molar-refractivity contribution >= 4 is 23.5 Å². The second-order valence-electron chi connectivity index (χ2n) is 4.05. The fourth-order valence-corrected chi connectivity index (χ4v) is 1.99. The third kappa shape index (κ3) is 4.91. The third-order valence-electron chi connectivity index (χ3n) is 2.22. The quantitative estimate of drug-likeness (QED) is 0.789. The van der Waals surface area contributed by atoms with Gasteiger partial charge in [0, 0.05) is 18.3 Å². The molecule has 5 nitrogen and oxygen atoms in total. The molecule has 1 unspecified atom stereocenters. The maximum Gasteiger partial charge on any atom is 0.271 e. The summed E-state index contributed by atoms with van der Waals surface area (Å²) in [7, 11) is 0. The number of thioether (sulfide) groups is 1. The predicted octanol–water partition coefficient (Wildman–Crippen LogP) is 1.78. The average Bonchev–Trinajstić information content (AvgIpc) is 2.37. The molecule has 18 heavy (non-hydrogen) atoms. The van der Waals surface area contributed by atoms with Crippen molar-refractivity contribution in [2.24, 2.45) is 0 Å². The molecule has 1 amide bonds. The second-order valence-corrected chi connectivity index (χ2v) is 4.96. The van der Waals surface area contributed by atoms with E-state index in [1.807, 2.05) is 13.2 Å². The SMILES string of the molecule is CCCNc1cncc(C(=O)NC(C)CSC)n1. The standard InChI is InChI=1S/C12H20N4OS/c1-4-5-14-11-7-13-6-10(16-11)12(17)15-9(2)8-18-3/h6-7,9H,4-5,8H2,1-3H3,(H,14,16)(H,15,17). The van der Waals surface area contributed by atoms with Crippen LogP contribution in [-0.4, -0.2) is 40.5 Å². The van der Waals surface area contributed by atoms with Crippen molar-refractivity contribution in [1.29, 1.82) is 0 Å². The van der Waals surface area contributed by atoms with E-state index in [0.29, 0.717) is 11.5 Å². The van der Waals surface area contributed by atoms with E-state index in [1.165, 1.54) is 6.20 Å². The summed E-state index contributed by atoms with van der Waals surface area (Å²) in [5.41, 5.74) is 0.351. The molecule has 0 aliphatic carbocycles. The molecule has 0 spiro atoms. The highest BCUT2D eigenvalue weighted by Gasteiger charge is 2.11. The molecule has 2 N–H and O–H groups in total. The molecule has 0 saturated heterocycles. The Morgan fingerprint density at radius 1 is 1.50 bits per heavy atom. The number of nitrogens with one attached hydrogen (secondary N) is 2. The fourth-order valence-electron chi connectivity index (χ4n) is 1.40. The minimum Gasteiger partial charge on any atom is -0.369 e. The summed E-state index contributed by atoms with van der Waals surface area (Å²) < 4.78 is 0. The van der Waals surface area contributed by atoms with Crippen molar-refractivity contribution < 1.29 is 4.79 Å². The number of carbonyl (C=O) groups is 1. The van der Waals surface area contributed by atoms with Gasteiger partial charge >= 0.3 is 0 Å². The number of carbonyl (C=O) groups excluding carboxylic acids is 1. The summed E-state index contributed by atoms with van der Waals surface area (Å²) in [6.07, 6.45) is 6.12. The summed E-state index contributed by atoms with van der Waals surface area (Å²) >= 11 is 1.70. The third-order valence-corrected chi connectivity index (χ3v) is 3.05. The monoisotopic (exact) mass is 268 g/mol. The van der Waals surface area contributed by atoms with Crippen LogP contribution in [0.4, 0.5) is 5.82 Å². The molecule has 0 aliphatic heterocycles. The van der Waals surface area contributed by atoms with E-state index < -0.39 is 0 Å². The van der Waals surface area contributed by atoms with Gasteiger partial charge in [-0.25, -0.2) is 4.98 Å². The zero-order valence-corrected chi connectivity index (χ0v) is 11.9. The van der Waals surface area contributed by atoms with Crippen molar-refractivity contribution in [1.82, 2.24) is 15.3 Å². The highest BCUT2D eigenvalue weighted by molar-refractivity contribution is 7.98. The lowest BCUT2D eigenvalue weighted by Gasteiger charge is -2.12. The Labute approximate surface area is 112 Å². The lowest BCUT2D eigenvalue weighted by Crippen LogP contribution is -2.34. The van der Waals surface area contributed by atoms with Crippen molar-refractivity contribution in [3.05, 3.63) is 18.1 Å². The molecule has 1 atom stereocenters. The van der Waals surface area contributed by atoms with Gasteiger partial charge in [0.25, 0.3) is 5.91 Å². The molecule has 1 rings (SSSR count). The summed E-state index contributed by atoms with van der Waals surface area (Å²) in [5.74, 6) is 1.35. The van der Waals surface area contributed by atoms with Crippen LogP contribution in [0.15, 0.2) is 12.4 Å². The van der Waals surface area contributed by atoms with Gasteiger partial charge in [-0.15, -0.1) is 0 Å². The first-order chi connectivity index (χ1) is 8.67. The molecule has 0 aromatic carbocycles.